The molecule has 5 heteroatoms. The molecule has 86 valence electrons. The molecule has 0 radical (unpaired) electrons. The zero-order valence-corrected chi connectivity index (χ0v) is 9.17. The summed E-state index contributed by atoms with van der Waals surface area (Å²) in [7, 11) is 0. The highest BCUT2D eigenvalue weighted by Crippen LogP contribution is 1.98. The van der Waals surface area contributed by atoms with E-state index < -0.39 is 5.97 Å². The first-order valence-corrected chi connectivity index (χ1v) is 5.01. The lowest BCUT2D eigenvalue weighted by molar-refractivity contribution is -0.132. The van der Waals surface area contributed by atoms with Gasteiger partial charge in [0.05, 0.1) is 6.54 Å². The maximum Gasteiger partial charge on any atom is 0.331 e. The minimum absolute atomic E-state index is 0.0840. The molecule has 0 aromatic rings. The standard InChI is InChI=1S/C10H18N2O3/c1-3-8(10(14)15)5-6-11-7-9(13)12-4-2/h5,11H,3-4,6-7H2,1-2H3,(H,12,13)(H,14,15)/b8-5-. The molecule has 0 aromatic carbocycles. The van der Waals surface area contributed by atoms with Crippen molar-refractivity contribution >= 4 is 11.9 Å². The highest BCUT2D eigenvalue weighted by Gasteiger charge is 2.03. The van der Waals surface area contributed by atoms with Gasteiger partial charge in [0.2, 0.25) is 5.91 Å². The van der Waals surface area contributed by atoms with Gasteiger partial charge in [-0.1, -0.05) is 13.0 Å². The second kappa shape index (κ2) is 7.99. The average molecular weight is 214 g/mol. The maximum atomic E-state index is 11.0. The number of rotatable bonds is 7. The molecule has 0 unspecified atom stereocenters. The molecule has 5 nitrogen and oxygen atoms in total. The van der Waals surface area contributed by atoms with Crippen LogP contribution in [0.25, 0.3) is 0 Å². The first-order valence-electron chi connectivity index (χ1n) is 5.01. The van der Waals surface area contributed by atoms with Crippen molar-refractivity contribution in [1.29, 1.82) is 0 Å². The van der Waals surface area contributed by atoms with Crippen LogP contribution < -0.4 is 10.6 Å². The van der Waals surface area contributed by atoms with Crippen LogP contribution in [0.3, 0.4) is 0 Å². The molecule has 0 aliphatic heterocycles. The Labute approximate surface area is 89.6 Å². The van der Waals surface area contributed by atoms with Crippen LogP contribution in [0.4, 0.5) is 0 Å². The molecule has 0 rings (SSSR count). The number of carbonyl (C=O) groups is 2. The van der Waals surface area contributed by atoms with Crippen LogP contribution in [0.1, 0.15) is 20.3 Å². The van der Waals surface area contributed by atoms with Gasteiger partial charge >= 0.3 is 5.97 Å². The molecule has 0 saturated carbocycles. The molecule has 0 heterocycles. The Morgan fingerprint density at radius 2 is 2.00 bits per heavy atom. The van der Waals surface area contributed by atoms with Crippen molar-refractivity contribution in [2.75, 3.05) is 19.6 Å². The van der Waals surface area contributed by atoms with Gasteiger partial charge in [-0.25, -0.2) is 4.79 Å². The van der Waals surface area contributed by atoms with Crippen LogP contribution in [0.5, 0.6) is 0 Å². The van der Waals surface area contributed by atoms with Crippen LogP contribution in [-0.2, 0) is 9.59 Å². The normalized spacial score (nSPS) is 11.2. The zero-order chi connectivity index (χ0) is 11.7. The Bertz CT molecular complexity index is 249. The van der Waals surface area contributed by atoms with E-state index in [2.05, 4.69) is 10.6 Å². The summed E-state index contributed by atoms with van der Waals surface area (Å²) in [6.45, 7) is 4.83. The van der Waals surface area contributed by atoms with Crippen LogP contribution in [-0.4, -0.2) is 36.6 Å². The van der Waals surface area contributed by atoms with Gasteiger partial charge in [-0.05, 0) is 13.3 Å². The summed E-state index contributed by atoms with van der Waals surface area (Å²) in [6, 6.07) is 0. The van der Waals surface area contributed by atoms with Gasteiger partial charge in [-0.15, -0.1) is 0 Å². The molecule has 0 saturated heterocycles. The first kappa shape index (κ1) is 13.6. The Hall–Kier alpha value is -1.36. The van der Waals surface area contributed by atoms with Crippen molar-refractivity contribution in [2.45, 2.75) is 20.3 Å². The third-order valence-corrected chi connectivity index (χ3v) is 1.81. The molecule has 15 heavy (non-hydrogen) atoms. The molecule has 1 amide bonds. The largest absolute Gasteiger partial charge is 0.478 e. The monoisotopic (exact) mass is 214 g/mol. The lowest BCUT2D eigenvalue weighted by Gasteiger charge is -2.03. The van der Waals surface area contributed by atoms with Crippen molar-refractivity contribution < 1.29 is 14.7 Å². The summed E-state index contributed by atoms with van der Waals surface area (Å²) in [5, 5.41) is 14.2. The summed E-state index contributed by atoms with van der Waals surface area (Å²) in [4.78, 5) is 21.6. The predicted molar refractivity (Wildman–Crippen MR) is 57.6 cm³/mol. The SMILES string of the molecule is CCNC(=O)CNC/C=C(/CC)C(=O)O. The molecule has 0 bridgehead atoms. The van der Waals surface area contributed by atoms with Gasteiger partial charge in [0, 0.05) is 18.7 Å². The quantitative estimate of drug-likeness (QED) is 0.416. The minimum atomic E-state index is -0.905. The van der Waals surface area contributed by atoms with Crippen molar-refractivity contribution in [3.05, 3.63) is 11.6 Å². The van der Waals surface area contributed by atoms with Crippen molar-refractivity contribution in [3.63, 3.8) is 0 Å². The lowest BCUT2D eigenvalue weighted by atomic mass is 10.2. The maximum absolute atomic E-state index is 11.0. The van der Waals surface area contributed by atoms with E-state index in [1.54, 1.807) is 13.0 Å². The van der Waals surface area contributed by atoms with E-state index in [0.29, 0.717) is 25.1 Å². The fourth-order valence-electron chi connectivity index (χ4n) is 1.02. The number of hydrogen-bond donors (Lipinski definition) is 3. The summed E-state index contributed by atoms with van der Waals surface area (Å²) < 4.78 is 0. The molecule has 0 atom stereocenters. The van der Waals surface area contributed by atoms with E-state index >= 15 is 0 Å². The fraction of sp³-hybridized carbons (Fsp3) is 0.600. The summed E-state index contributed by atoms with van der Waals surface area (Å²) >= 11 is 0. The second-order valence-corrected chi connectivity index (χ2v) is 2.97. The number of carboxylic acids is 1. The number of hydrogen-bond acceptors (Lipinski definition) is 3. The smallest absolute Gasteiger partial charge is 0.331 e. The molecule has 0 fully saturated rings. The summed E-state index contributed by atoms with van der Waals surface area (Å²) in [5.74, 6) is -0.989. The molecule has 0 spiro atoms. The topological polar surface area (TPSA) is 78.4 Å². The Morgan fingerprint density at radius 3 is 2.47 bits per heavy atom. The van der Waals surface area contributed by atoms with Crippen molar-refractivity contribution in [1.82, 2.24) is 10.6 Å². The Balaban J connectivity index is 3.77. The van der Waals surface area contributed by atoms with Gasteiger partial charge in [0.15, 0.2) is 0 Å². The van der Waals surface area contributed by atoms with E-state index in [0.717, 1.165) is 0 Å². The van der Waals surface area contributed by atoms with E-state index in [-0.39, 0.29) is 12.5 Å². The summed E-state index contributed by atoms with van der Waals surface area (Å²) in [5.41, 5.74) is 0.360. The van der Waals surface area contributed by atoms with Crippen molar-refractivity contribution in [2.24, 2.45) is 0 Å². The molecular formula is C10H18N2O3. The molecule has 0 aromatic heterocycles. The van der Waals surface area contributed by atoms with E-state index in [1.165, 1.54) is 0 Å². The van der Waals surface area contributed by atoms with Gasteiger partial charge in [-0.2, -0.15) is 0 Å². The zero-order valence-electron chi connectivity index (χ0n) is 9.17. The van der Waals surface area contributed by atoms with Crippen LogP contribution in [0.2, 0.25) is 0 Å². The number of amides is 1. The number of aliphatic carboxylic acids is 1. The minimum Gasteiger partial charge on any atom is -0.478 e. The highest BCUT2D eigenvalue weighted by molar-refractivity contribution is 5.86. The van der Waals surface area contributed by atoms with E-state index in [1.807, 2.05) is 6.92 Å². The number of carboxylic acid groups (broad SMARTS) is 1. The van der Waals surface area contributed by atoms with Crippen LogP contribution in [0, 0.1) is 0 Å². The van der Waals surface area contributed by atoms with Crippen LogP contribution >= 0.6 is 0 Å². The van der Waals surface area contributed by atoms with Gasteiger partial charge < -0.3 is 15.7 Å². The predicted octanol–water partition coefficient (Wildman–Crippen LogP) is 0.133. The molecule has 3 N–H and O–H groups in total. The number of carbonyl (C=O) groups excluding carboxylic acids is 1. The first-order chi connectivity index (χ1) is 7.11. The van der Waals surface area contributed by atoms with Crippen molar-refractivity contribution in [3.8, 4) is 0 Å². The highest BCUT2D eigenvalue weighted by atomic mass is 16.4. The average Bonchev–Trinajstić information content (AvgIpc) is 2.17. The third kappa shape index (κ3) is 6.68. The van der Waals surface area contributed by atoms with E-state index in [9.17, 15) is 9.59 Å². The number of nitrogens with one attached hydrogen (secondary N) is 2. The van der Waals surface area contributed by atoms with Gasteiger partial charge in [-0.3, -0.25) is 4.79 Å². The van der Waals surface area contributed by atoms with Gasteiger partial charge in [0.25, 0.3) is 0 Å². The Morgan fingerprint density at radius 1 is 1.33 bits per heavy atom. The molecular weight excluding hydrogens is 196 g/mol. The molecule has 0 aliphatic carbocycles. The molecule has 0 aliphatic rings. The summed E-state index contributed by atoms with van der Waals surface area (Å²) in [6.07, 6.45) is 2.07. The number of likely N-dealkylation sites (N-methyl/N-ethyl adjacent to an activating group) is 1. The third-order valence-electron chi connectivity index (χ3n) is 1.81. The van der Waals surface area contributed by atoms with Gasteiger partial charge in [0.1, 0.15) is 0 Å². The van der Waals surface area contributed by atoms with Crippen LogP contribution in [0.15, 0.2) is 11.6 Å². The van der Waals surface area contributed by atoms with E-state index in [4.69, 9.17) is 5.11 Å². The lowest BCUT2D eigenvalue weighted by Crippen LogP contribution is -2.33. The second-order valence-electron chi connectivity index (χ2n) is 2.97. The fourth-order valence-corrected chi connectivity index (χ4v) is 1.02. The Kier molecular flexibility index (Phi) is 7.27.